The van der Waals surface area contributed by atoms with Crippen LogP contribution in [0.15, 0.2) is 84.1 Å². The number of rotatable bonds is 6. The summed E-state index contributed by atoms with van der Waals surface area (Å²) in [5.74, 6) is -2.31. The van der Waals surface area contributed by atoms with Crippen LogP contribution in [0.25, 0.3) is 21.9 Å². The minimum Gasteiger partial charge on any atom is -0.324 e. The number of pyridine rings is 1. The maximum atomic E-state index is 13.6. The first-order valence-corrected chi connectivity index (χ1v) is 13.6. The molecule has 1 N–H and O–H groups in total. The monoisotopic (exact) mass is 534 g/mol. The molecule has 1 aliphatic rings. The van der Waals surface area contributed by atoms with Gasteiger partial charge in [0.05, 0.1) is 5.52 Å². The van der Waals surface area contributed by atoms with Crippen LogP contribution < -0.4 is 5.32 Å². The standard InChI is InChI=1S/C27H24F2N6O2S/c28-27(29)11-15-34(16-12-27)18-19-6-8-22(9-7-19)32-26-31-17-21-10-14-35(25(21)33-26)38(36,37)23-5-1-3-20-4-2-13-30-24(20)23/h1-10,13-14,17H,11-12,15-16,18H2,(H,31,32,33). The van der Waals surface area contributed by atoms with E-state index < -0.39 is 15.9 Å². The molecule has 38 heavy (non-hydrogen) atoms. The van der Waals surface area contributed by atoms with Crippen molar-refractivity contribution in [1.29, 1.82) is 0 Å². The van der Waals surface area contributed by atoms with E-state index in [2.05, 4.69) is 20.3 Å². The SMILES string of the molecule is O=S(=O)(c1cccc2cccnc12)n1ccc2cnc(Nc3ccc(CN4CCC(F)(F)CC4)cc3)nc21. The Labute approximate surface area is 218 Å². The van der Waals surface area contributed by atoms with Crippen LogP contribution >= 0.6 is 0 Å². The molecular formula is C27H24F2N6O2S. The van der Waals surface area contributed by atoms with E-state index in [0.717, 1.165) is 20.6 Å². The summed E-state index contributed by atoms with van der Waals surface area (Å²) in [5.41, 5.74) is 2.37. The lowest BCUT2D eigenvalue weighted by molar-refractivity contribution is -0.0566. The van der Waals surface area contributed by atoms with Gasteiger partial charge in [-0.1, -0.05) is 30.3 Å². The number of fused-ring (bicyclic) bond motifs is 2. The number of piperidine rings is 1. The van der Waals surface area contributed by atoms with E-state index in [4.69, 9.17) is 0 Å². The van der Waals surface area contributed by atoms with Gasteiger partial charge in [0.1, 0.15) is 4.90 Å². The molecule has 6 rings (SSSR count). The third-order valence-corrected chi connectivity index (χ3v) is 8.43. The zero-order valence-corrected chi connectivity index (χ0v) is 21.1. The molecule has 1 aliphatic heterocycles. The highest BCUT2D eigenvalue weighted by Gasteiger charge is 2.33. The number of benzene rings is 2. The van der Waals surface area contributed by atoms with Crippen LogP contribution in [-0.2, 0) is 16.6 Å². The van der Waals surface area contributed by atoms with Crippen molar-refractivity contribution in [3.63, 3.8) is 0 Å². The minimum atomic E-state index is -3.98. The average molecular weight is 535 g/mol. The Kier molecular flexibility index (Phi) is 6.04. The molecular weight excluding hydrogens is 510 g/mol. The molecule has 3 aromatic heterocycles. The van der Waals surface area contributed by atoms with Crippen molar-refractivity contribution in [2.45, 2.75) is 30.2 Å². The minimum absolute atomic E-state index is 0.0919. The van der Waals surface area contributed by atoms with E-state index in [-0.39, 0.29) is 29.3 Å². The number of nitrogens with one attached hydrogen (secondary N) is 1. The predicted molar refractivity (Wildman–Crippen MR) is 141 cm³/mol. The number of hydrogen-bond donors (Lipinski definition) is 1. The third-order valence-electron chi connectivity index (χ3n) is 6.73. The molecule has 0 amide bonds. The highest BCUT2D eigenvalue weighted by molar-refractivity contribution is 7.90. The summed E-state index contributed by atoms with van der Waals surface area (Å²) >= 11 is 0. The van der Waals surface area contributed by atoms with Gasteiger partial charge in [0.2, 0.25) is 5.95 Å². The van der Waals surface area contributed by atoms with Crippen molar-refractivity contribution in [3.05, 3.63) is 84.8 Å². The number of halogens is 2. The Morgan fingerprint density at radius 2 is 1.68 bits per heavy atom. The smallest absolute Gasteiger partial charge is 0.271 e. The van der Waals surface area contributed by atoms with E-state index in [1.165, 1.54) is 12.3 Å². The topological polar surface area (TPSA) is 93.0 Å². The lowest BCUT2D eigenvalue weighted by Gasteiger charge is -2.31. The lowest BCUT2D eigenvalue weighted by atomic mass is 10.1. The van der Waals surface area contributed by atoms with Crippen LogP contribution in [0.1, 0.15) is 18.4 Å². The fourth-order valence-electron chi connectivity index (χ4n) is 4.66. The van der Waals surface area contributed by atoms with E-state index >= 15 is 0 Å². The molecule has 0 saturated carbocycles. The quantitative estimate of drug-likeness (QED) is 0.320. The Morgan fingerprint density at radius 1 is 0.921 bits per heavy atom. The number of anilines is 2. The number of para-hydroxylation sites is 1. The largest absolute Gasteiger partial charge is 0.324 e. The molecule has 0 spiro atoms. The Bertz CT molecular complexity index is 1720. The summed E-state index contributed by atoms with van der Waals surface area (Å²) in [7, 11) is -3.98. The van der Waals surface area contributed by atoms with Crippen LogP contribution in [0, 0.1) is 0 Å². The third kappa shape index (κ3) is 4.70. The van der Waals surface area contributed by atoms with Crippen LogP contribution in [0.5, 0.6) is 0 Å². The van der Waals surface area contributed by atoms with Gasteiger partial charge in [0.25, 0.3) is 15.9 Å². The molecule has 5 aromatic rings. The fraction of sp³-hybridized carbons (Fsp3) is 0.222. The number of aromatic nitrogens is 4. The predicted octanol–water partition coefficient (Wildman–Crippen LogP) is 5.19. The van der Waals surface area contributed by atoms with Gasteiger partial charge in [0.15, 0.2) is 5.65 Å². The van der Waals surface area contributed by atoms with Crippen molar-refractivity contribution in [1.82, 2.24) is 23.8 Å². The Morgan fingerprint density at radius 3 is 2.47 bits per heavy atom. The maximum absolute atomic E-state index is 13.6. The molecule has 11 heteroatoms. The van der Waals surface area contributed by atoms with Crippen LogP contribution in [-0.4, -0.2) is 51.3 Å². The summed E-state index contributed by atoms with van der Waals surface area (Å²) < 4.78 is 55.2. The van der Waals surface area contributed by atoms with Gasteiger partial charge in [0, 0.05) is 67.5 Å². The molecule has 0 unspecified atom stereocenters. The van der Waals surface area contributed by atoms with E-state index in [0.29, 0.717) is 30.5 Å². The highest BCUT2D eigenvalue weighted by atomic mass is 32.2. The molecule has 4 heterocycles. The maximum Gasteiger partial charge on any atom is 0.271 e. The average Bonchev–Trinajstić information content (AvgIpc) is 3.35. The highest BCUT2D eigenvalue weighted by Crippen LogP contribution is 2.29. The summed E-state index contributed by atoms with van der Waals surface area (Å²) in [6.07, 6.45) is 4.38. The zero-order chi connectivity index (χ0) is 26.3. The van der Waals surface area contributed by atoms with Gasteiger partial charge in [-0.3, -0.25) is 9.88 Å². The molecule has 0 aliphatic carbocycles. The van der Waals surface area contributed by atoms with Crippen molar-refractivity contribution in [2.24, 2.45) is 0 Å². The van der Waals surface area contributed by atoms with Gasteiger partial charge < -0.3 is 5.32 Å². The molecule has 0 bridgehead atoms. The van der Waals surface area contributed by atoms with E-state index in [1.54, 1.807) is 30.6 Å². The van der Waals surface area contributed by atoms with Crippen molar-refractivity contribution >= 4 is 43.6 Å². The summed E-state index contributed by atoms with van der Waals surface area (Å²) in [5, 5.41) is 4.42. The summed E-state index contributed by atoms with van der Waals surface area (Å²) in [6, 6.07) is 17.8. The van der Waals surface area contributed by atoms with Crippen molar-refractivity contribution in [2.75, 3.05) is 18.4 Å². The van der Waals surface area contributed by atoms with Gasteiger partial charge in [-0.2, -0.15) is 4.98 Å². The number of alkyl halides is 2. The molecule has 1 saturated heterocycles. The van der Waals surface area contributed by atoms with Gasteiger partial charge in [-0.05, 0) is 35.9 Å². The molecule has 2 aromatic carbocycles. The van der Waals surface area contributed by atoms with Crippen LogP contribution in [0.2, 0.25) is 0 Å². The van der Waals surface area contributed by atoms with Gasteiger partial charge in [-0.25, -0.2) is 26.2 Å². The fourth-order valence-corrected chi connectivity index (χ4v) is 6.13. The summed E-state index contributed by atoms with van der Waals surface area (Å²) in [6.45, 7) is 1.35. The molecule has 0 atom stereocenters. The summed E-state index contributed by atoms with van der Waals surface area (Å²) in [4.78, 5) is 15.2. The van der Waals surface area contributed by atoms with Gasteiger partial charge >= 0.3 is 0 Å². The van der Waals surface area contributed by atoms with Crippen LogP contribution in [0.4, 0.5) is 20.4 Å². The van der Waals surface area contributed by atoms with Crippen molar-refractivity contribution < 1.29 is 17.2 Å². The number of nitrogens with zero attached hydrogens (tertiary/aromatic N) is 5. The first-order valence-electron chi connectivity index (χ1n) is 12.2. The Balaban J connectivity index is 1.24. The zero-order valence-electron chi connectivity index (χ0n) is 20.3. The van der Waals surface area contributed by atoms with E-state index in [9.17, 15) is 17.2 Å². The second kappa shape index (κ2) is 9.41. The molecule has 8 nitrogen and oxygen atoms in total. The van der Waals surface area contributed by atoms with Crippen molar-refractivity contribution in [3.8, 4) is 0 Å². The second-order valence-corrected chi connectivity index (χ2v) is 11.2. The van der Waals surface area contributed by atoms with E-state index in [1.807, 2.05) is 41.3 Å². The van der Waals surface area contributed by atoms with Crippen LogP contribution in [0.3, 0.4) is 0 Å². The number of likely N-dealkylation sites (tertiary alicyclic amines) is 1. The first-order chi connectivity index (χ1) is 18.3. The first kappa shape index (κ1) is 24.4. The second-order valence-electron chi connectivity index (χ2n) is 9.37. The Hall–Kier alpha value is -3.96. The normalized spacial score (nSPS) is 16.2. The van der Waals surface area contributed by atoms with Gasteiger partial charge in [-0.15, -0.1) is 0 Å². The number of hydrogen-bond acceptors (Lipinski definition) is 7. The molecule has 0 radical (unpaired) electrons. The molecule has 1 fully saturated rings. The molecule has 194 valence electrons. The lowest BCUT2D eigenvalue weighted by Crippen LogP contribution is -2.38.